The van der Waals surface area contributed by atoms with Crippen molar-refractivity contribution < 1.29 is 13.2 Å². The van der Waals surface area contributed by atoms with Crippen LogP contribution in [0, 0.1) is 0 Å². The van der Waals surface area contributed by atoms with Crippen LogP contribution < -0.4 is 10.0 Å². The highest BCUT2D eigenvalue weighted by molar-refractivity contribution is 7.89. The molecule has 0 bridgehead atoms. The number of nitrogens with one attached hydrogen (secondary N) is 3. The lowest BCUT2D eigenvalue weighted by atomic mass is 10.2. The number of hydrogen-bond donors (Lipinski definition) is 3. The molecule has 2 rings (SSSR count). The zero-order chi connectivity index (χ0) is 15.3. The highest BCUT2D eigenvalue weighted by Gasteiger charge is 2.14. The largest absolute Gasteiger partial charge is 0.355 e. The van der Waals surface area contributed by atoms with Crippen molar-refractivity contribution in [2.75, 3.05) is 13.6 Å². The van der Waals surface area contributed by atoms with Crippen LogP contribution in [0.4, 0.5) is 0 Å². The van der Waals surface area contributed by atoms with Crippen LogP contribution in [0.5, 0.6) is 0 Å². The molecule has 1 heterocycles. The van der Waals surface area contributed by atoms with Crippen molar-refractivity contribution in [3.05, 3.63) is 42.0 Å². The quantitative estimate of drug-likeness (QED) is 0.676. The Morgan fingerprint density at radius 2 is 2.00 bits per heavy atom. The number of carbonyl (C=O) groups excluding carboxylic acids is 1. The van der Waals surface area contributed by atoms with Crippen LogP contribution in [0.15, 0.2) is 35.5 Å². The fraction of sp³-hybridized carbons (Fsp3) is 0.250. The van der Waals surface area contributed by atoms with Crippen LogP contribution in [-0.2, 0) is 16.4 Å². The lowest BCUT2D eigenvalue weighted by Crippen LogP contribution is -2.26. The van der Waals surface area contributed by atoms with Crippen LogP contribution in [-0.4, -0.2) is 43.1 Å². The first-order chi connectivity index (χ1) is 10.0. The zero-order valence-corrected chi connectivity index (χ0v) is 12.1. The molecule has 0 saturated carbocycles. The Kier molecular flexibility index (Phi) is 4.66. The first-order valence-corrected chi connectivity index (χ1v) is 7.67. The highest BCUT2D eigenvalue weighted by Crippen LogP contribution is 2.10. The van der Waals surface area contributed by atoms with E-state index in [-0.39, 0.29) is 17.3 Å². The predicted octanol–water partition coefficient (Wildman–Crippen LogP) is -0.315. The van der Waals surface area contributed by atoms with Crippen molar-refractivity contribution >= 4 is 15.9 Å². The fourth-order valence-electron chi connectivity index (χ4n) is 1.67. The number of H-pyrrole nitrogens is 1. The Labute approximate surface area is 122 Å². The average molecular weight is 309 g/mol. The number of sulfonamides is 1. The Hall–Kier alpha value is -2.26. The molecule has 0 fully saturated rings. The van der Waals surface area contributed by atoms with E-state index >= 15 is 0 Å². The molecule has 9 heteroatoms. The molecular weight excluding hydrogens is 294 g/mol. The summed E-state index contributed by atoms with van der Waals surface area (Å²) in [4.78, 5) is 15.4. The maximum Gasteiger partial charge on any atom is 0.251 e. The second-order valence-corrected chi connectivity index (χ2v) is 5.95. The first kappa shape index (κ1) is 15.1. The van der Waals surface area contributed by atoms with E-state index in [2.05, 4.69) is 25.2 Å². The number of carbonyl (C=O) groups is 1. The molecule has 3 N–H and O–H groups in total. The molecule has 0 aliphatic carbocycles. The molecule has 8 nitrogen and oxygen atoms in total. The third-order valence-electron chi connectivity index (χ3n) is 2.77. The summed E-state index contributed by atoms with van der Waals surface area (Å²) in [6, 6.07) is 5.70. The number of rotatable bonds is 6. The predicted molar refractivity (Wildman–Crippen MR) is 75.1 cm³/mol. The minimum absolute atomic E-state index is 0.104. The normalized spacial score (nSPS) is 11.3. The Balaban J connectivity index is 2.00. The van der Waals surface area contributed by atoms with Gasteiger partial charge in [0.25, 0.3) is 5.91 Å². The third kappa shape index (κ3) is 3.86. The summed E-state index contributed by atoms with van der Waals surface area (Å²) in [6.07, 6.45) is 1.77. The fourth-order valence-corrected chi connectivity index (χ4v) is 2.70. The van der Waals surface area contributed by atoms with Crippen LogP contribution in [0.2, 0.25) is 0 Å². The monoisotopic (exact) mass is 309 g/mol. The van der Waals surface area contributed by atoms with Crippen LogP contribution >= 0.6 is 0 Å². The van der Waals surface area contributed by atoms with Crippen LogP contribution in [0.1, 0.15) is 16.2 Å². The molecule has 0 radical (unpaired) electrons. The molecule has 1 aromatic carbocycles. The van der Waals surface area contributed by atoms with Gasteiger partial charge in [0.1, 0.15) is 12.2 Å². The summed E-state index contributed by atoms with van der Waals surface area (Å²) in [6.45, 7) is 0.203. The second-order valence-electron chi connectivity index (χ2n) is 4.18. The zero-order valence-electron chi connectivity index (χ0n) is 11.3. The van der Waals surface area contributed by atoms with Gasteiger partial charge in [-0.25, -0.2) is 18.1 Å². The Morgan fingerprint density at radius 1 is 1.29 bits per heavy atom. The number of amides is 1. The van der Waals surface area contributed by atoms with Crippen molar-refractivity contribution in [1.82, 2.24) is 25.2 Å². The van der Waals surface area contributed by atoms with Gasteiger partial charge in [0, 0.05) is 25.6 Å². The van der Waals surface area contributed by atoms with Gasteiger partial charge in [0.15, 0.2) is 0 Å². The van der Waals surface area contributed by atoms with E-state index in [0.717, 1.165) is 0 Å². The smallest absolute Gasteiger partial charge is 0.251 e. The Morgan fingerprint density at radius 3 is 2.57 bits per heavy atom. The number of aromatic amines is 1. The minimum atomic E-state index is -3.61. The average Bonchev–Trinajstić information content (AvgIpc) is 2.99. The molecule has 0 saturated heterocycles. The molecule has 0 spiro atoms. The van der Waals surface area contributed by atoms with Crippen molar-refractivity contribution in [1.29, 1.82) is 0 Å². The summed E-state index contributed by atoms with van der Waals surface area (Å²) in [5, 5.41) is 8.80. The Bertz CT molecular complexity index is 695. The van der Waals surface area contributed by atoms with Gasteiger partial charge in [-0.2, -0.15) is 5.10 Å². The van der Waals surface area contributed by atoms with Crippen LogP contribution in [0.25, 0.3) is 0 Å². The van der Waals surface area contributed by atoms with Gasteiger partial charge in [-0.05, 0) is 24.3 Å². The maximum atomic E-state index is 12.1. The topological polar surface area (TPSA) is 117 Å². The molecule has 21 heavy (non-hydrogen) atoms. The van der Waals surface area contributed by atoms with E-state index in [1.54, 1.807) is 0 Å². The lowest BCUT2D eigenvalue weighted by Gasteiger charge is -2.06. The molecule has 1 aromatic heterocycles. The van der Waals surface area contributed by atoms with E-state index in [9.17, 15) is 13.2 Å². The van der Waals surface area contributed by atoms with Gasteiger partial charge in [0.2, 0.25) is 10.0 Å². The SMILES string of the molecule is CNC(=O)c1ccc(S(=O)(=O)NCCc2ncn[nH]2)cc1. The van der Waals surface area contributed by atoms with Crippen molar-refractivity contribution in [2.45, 2.75) is 11.3 Å². The van der Waals surface area contributed by atoms with Gasteiger partial charge in [0.05, 0.1) is 4.90 Å². The summed E-state index contributed by atoms with van der Waals surface area (Å²) in [5.74, 6) is 0.338. The molecule has 0 aliphatic heterocycles. The van der Waals surface area contributed by atoms with E-state index in [1.807, 2.05) is 0 Å². The molecule has 2 aromatic rings. The van der Waals surface area contributed by atoms with Gasteiger partial charge in [-0.1, -0.05) is 0 Å². The summed E-state index contributed by atoms with van der Waals surface area (Å²) >= 11 is 0. The van der Waals surface area contributed by atoms with Crippen molar-refractivity contribution in [2.24, 2.45) is 0 Å². The third-order valence-corrected chi connectivity index (χ3v) is 4.25. The molecule has 0 unspecified atom stereocenters. The first-order valence-electron chi connectivity index (χ1n) is 6.19. The standard InChI is InChI=1S/C12H15N5O3S/c1-13-12(18)9-2-4-10(5-3-9)21(19,20)16-7-6-11-14-8-15-17-11/h2-5,8,16H,6-7H2,1H3,(H,13,18)(H,14,15,17). The van der Waals surface area contributed by atoms with Gasteiger partial charge in [-0.3, -0.25) is 9.89 Å². The number of nitrogens with zero attached hydrogens (tertiary/aromatic N) is 2. The van der Waals surface area contributed by atoms with Gasteiger partial charge in [-0.15, -0.1) is 0 Å². The summed E-state index contributed by atoms with van der Waals surface area (Å²) in [5.41, 5.74) is 0.401. The molecule has 1 amide bonds. The molecule has 112 valence electrons. The minimum Gasteiger partial charge on any atom is -0.355 e. The van der Waals surface area contributed by atoms with E-state index < -0.39 is 10.0 Å². The second kappa shape index (κ2) is 6.46. The van der Waals surface area contributed by atoms with Gasteiger partial charge >= 0.3 is 0 Å². The molecule has 0 atom stereocenters. The summed E-state index contributed by atoms with van der Waals surface area (Å²) in [7, 11) is -2.09. The van der Waals surface area contributed by atoms with Crippen LogP contribution in [0.3, 0.4) is 0 Å². The van der Waals surface area contributed by atoms with Gasteiger partial charge < -0.3 is 5.32 Å². The maximum absolute atomic E-state index is 12.1. The highest BCUT2D eigenvalue weighted by atomic mass is 32.2. The van der Waals surface area contributed by atoms with Crippen molar-refractivity contribution in [3.63, 3.8) is 0 Å². The number of benzene rings is 1. The molecular formula is C12H15N5O3S. The lowest BCUT2D eigenvalue weighted by molar-refractivity contribution is 0.0963. The summed E-state index contributed by atoms with van der Waals surface area (Å²) < 4.78 is 26.6. The van der Waals surface area contributed by atoms with Crippen molar-refractivity contribution in [3.8, 4) is 0 Å². The van der Waals surface area contributed by atoms with E-state index in [4.69, 9.17) is 0 Å². The van der Waals surface area contributed by atoms with E-state index in [0.29, 0.717) is 17.8 Å². The van der Waals surface area contributed by atoms with E-state index in [1.165, 1.54) is 37.6 Å². The molecule has 0 aliphatic rings. The number of hydrogen-bond acceptors (Lipinski definition) is 5. The number of aromatic nitrogens is 3.